The molecule has 2 aromatic rings. The summed E-state index contributed by atoms with van der Waals surface area (Å²) in [6, 6.07) is 7.23. The van der Waals surface area contributed by atoms with Gasteiger partial charge >= 0.3 is 5.16 Å². The van der Waals surface area contributed by atoms with Crippen LogP contribution >= 0.6 is 23.5 Å². The molecule has 3 heterocycles. The maximum atomic E-state index is 12.1. The van der Waals surface area contributed by atoms with E-state index < -0.39 is 17.4 Å². The van der Waals surface area contributed by atoms with Gasteiger partial charge in [-0.25, -0.2) is 0 Å². The Bertz CT molecular complexity index is 1020. The summed E-state index contributed by atoms with van der Waals surface area (Å²) in [7, 11) is 0. The molecule has 2 saturated heterocycles. The van der Waals surface area contributed by atoms with Crippen molar-refractivity contribution in [2.75, 3.05) is 29.5 Å². The number of aromatic nitrogens is 2. The molecule has 12 heteroatoms. The number of rotatable bonds is 5. The number of nitrogen functional groups attached to an aromatic ring is 2. The number of benzene rings is 1. The number of phenols is 1. The van der Waals surface area contributed by atoms with Gasteiger partial charge in [-0.15, -0.1) is 11.8 Å². The van der Waals surface area contributed by atoms with E-state index in [0.29, 0.717) is 16.7 Å². The van der Waals surface area contributed by atoms with Crippen LogP contribution in [0.2, 0.25) is 0 Å². The van der Waals surface area contributed by atoms with Crippen LogP contribution in [0.3, 0.4) is 0 Å². The Morgan fingerprint density at radius 2 is 2.10 bits per heavy atom. The van der Waals surface area contributed by atoms with E-state index in [4.69, 9.17) is 17.2 Å². The number of nitrogens with zero attached hydrogens (tertiary/aromatic N) is 3. The van der Waals surface area contributed by atoms with Crippen molar-refractivity contribution in [1.82, 2.24) is 9.88 Å². The fourth-order valence-corrected chi connectivity index (χ4v) is 6.32. The molecule has 2 fully saturated rings. The van der Waals surface area contributed by atoms with E-state index in [1.807, 2.05) is 0 Å². The fraction of sp³-hybridized carbons (Fsp3) is 0.333. The molecular formula is C18H20N6O4S2. The van der Waals surface area contributed by atoms with Crippen LogP contribution in [0.4, 0.5) is 11.6 Å². The molecular weight excluding hydrogens is 428 g/mol. The van der Waals surface area contributed by atoms with Gasteiger partial charge in [0.15, 0.2) is 0 Å². The van der Waals surface area contributed by atoms with E-state index in [1.165, 1.54) is 34.9 Å². The standard InChI is InChI=1S/C18H20N6O4S2/c19-11-5-12(20)24(9-1-3-10(25)4-2-9)17(22-11)30-8-18(16(27)28)6-23-14(26)13(21)15(23)29-7-18/h1-5,13,15H,6-8,21H2,(H5,19,20,25,27,28)/t13?,15-,18?/m1/s1. The number of nitrogens with two attached hydrogens (primary N) is 3. The molecule has 3 atom stereocenters. The first-order chi connectivity index (χ1) is 14.2. The molecule has 0 bridgehead atoms. The van der Waals surface area contributed by atoms with E-state index in [-0.39, 0.29) is 40.9 Å². The first-order valence-corrected chi connectivity index (χ1v) is 11.0. The maximum Gasteiger partial charge on any atom is 0.305 e. The largest absolute Gasteiger partial charge is 0.549 e. The topological polar surface area (TPSA) is 176 Å². The molecule has 30 heavy (non-hydrogen) atoms. The van der Waals surface area contributed by atoms with Crippen molar-refractivity contribution < 1.29 is 24.4 Å². The number of hydrogen-bond donors (Lipinski definition) is 4. The molecule has 0 saturated carbocycles. The molecule has 158 valence electrons. The number of amides is 1. The Morgan fingerprint density at radius 1 is 1.40 bits per heavy atom. The summed E-state index contributed by atoms with van der Waals surface area (Å²) in [6.07, 6.45) is 0. The van der Waals surface area contributed by atoms with Gasteiger partial charge < -0.3 is 37.1 Å². The van der Waals surface area contributed by atoms with Gasteiger partial charge in [-0.2, -0.15) is 4.57 Å². The van der Waals surface area contributed by atoms with Gasteiger partial charge in [0.05, 0.1) is 12.0 Å². The summed E-state index contributed by atoms with van der Waals surface area (Å²) in [5.74, 6) is -0.535. The number of anilines is 2. The number of carboxylic acids is 1. The minimum atomic E-state index is -1.27. The van der Waals surface area contributed by atoms with Gasteiger partial charge in [0.2, 0.25) is 17.5 Å². The third kappa shape index (κ3) is 3.40. The predicted octanol–water partition coefficient (Wildman–Crippen LogP) is -1.70. The highest BCUT2D eigenvalue weighted by Gasteiger charge is 2.53. The number of aliphatic carboxylic acids is 1. The average Bonchev–Trinajstić information content (AvgIpc) is 2.72. The van der Waals surface area contributed by atoms with Crippen LogP contribution < -0.4 is 26.9 Å². The van der Waals surface area contributed by atoms with Crippen molar-refractivity contribution in [3.8, 4) is 11.4 Å². The minimum absolute atomic E-state index is 0.0313. The van der Waals surface area contributed by atoms with Crippen molar-refractivity contribution in [2.45, 2.75) is 16.6 Å². The Kier molecular flexibility index (Phi) is 5.16. The molecule has 0 aliphatic carbocycles. The Morgan fingerprint density at radius 3 is 2.77 bits per heavy atom. The first-order valence-electron chi connectivity index (χ1n) is 9.01. The number of carboxylic acid groups (broad SMARTS) is 1. The van der Waals surface area contributed by atoms with Gasteiger partial charge in [-0.05, 0) is 24.3 Å². The van der Waals surface area contributed by atoms with Crippen molar-refractivity contribution in [1.29, 1.82) is 0 Å². The number of thioether (sulfide) groups is 2. The van der Waals surface area contributed by atoms with Crippen molar-refractivity contribution in [3.05, 3.63) is 30.3 Å². The van der Waals surface area contributed by atoms with E-state index in [9.17, 15) is 19.8 Å². The molecule has 7 N–H and O–H groups in total. The van der Waals surface area contributed by atoms with Crippen molar-refractivity contribution in [3.63, 3.8) is 0 Å². The number of β-lactam (4-membered cyclic amide) rings is 1. The zero-order chi connectivity index (χ0) is 21.6. The second-order valence-electron chi connectivity index (χ2n) is 7.29. The molecule has 2 aliphatic rings. The predicted molar refractivity (Wildman–Crippen MR) is 110 cm³/mol. The second kappa shape index (κ2) is 7.52. The van der Waals surface area contributed by atoms with Crippen LogP contribution in [0.1, 0.15) is 0 Å². The lowest BCUT2D eigenvalue weighted by Crippen LogP contribution is -2.73. The first kappa shape index (κ1) is 20.6. The normalized spacial score (nSPS) is 25.5. The average molecular weight is 449 g/mol. The van der Waals surface area contributed by atoms with Crippen LogP contribution in [0, 0.1) is 5.41 Å². The number of hydrogen-bond acceptors (Lipinski definition) is 10. The molecule has 0 radical (unpaired) electrons. The van der Waals surface area contributed by atoms with E-state index >= 15 is 0 Å². The second-order valence-corrected chi connectivity index (χ2v) is 9.34. The molecule has 1 aromatic carbocycles. The van der Waals surface area contributed by atoms with Crippen LogP contribution in [-0.4, -0.2) is 56.3 Å². The quantitative estimate of drug-likeness (QED) is 0.178. The van der Waals surface area contributed by atoms with Gasteiger partial charge in [0, 0.05) is 23.5 Å². The van der Waals surface area contributed by atoms with Crippen LogP contribution in [0.25, 0.3) is 5.69 Å². The molecule has 4 rings (SSSR count). The van der Waals surface area contributed by atoms with Gasteiger partial charge in [-0.3, -0.25) is 4.79 Å². The Hall–Kier alpha value is -2.70. The lowest BCUT2D eigenvalue weighted by Gasteiger charge is -2.54. The van der Waals surface area contributed by atoms with Crippen LogP contribution in [-0.2, 0) is 9.59 Å². The van der Waals surface area contributed by atoms with Crippen LogP contribution in [0.15, 0.2) is 35.5 Å². The Labute approximate surface area is 180 Å². The Balaban J connectivity index is 1.63. The third-order valence-electron chi connectivity index (χ3n) is 5.17. The van der Waals surface area contributed by atoms with Crippen molar-refractivity contribution >= 4 is 47.0 Å². The maximum absolute atomic E-state index is 12.1. The van der Waals surface area contributed by atoms with Gasteiger partial charge in [0.25, 0.3) is 0 Å². The lowest BCUT2D eigenvalue weighted by molar-refractivity contribution is -0.626. The van der Waals surface area contributed by atoms with Crippen LogP contribution in [0.5, 0.6) is 5.75 Å². The summed E-state index contributed by atoms with van der Waals surface area (Å²) in [5.41, 5.74) is 17.2. The molecule has 1 aromatic heterocycles. The molecule has 10 nitrogen and oxygen atoms in total. The van der Waals surface area contributed by atoms with Gasteiger partial charge in [-0.1, -0.05) is 16.7 Å². The molecule has 2 aliphatic heterocycles. The number of phenolic OH excluding ortho intramolecular Hbond substituents is 1. The minimum Gasteiger partial charge on any atom is -0.549 e. The fourth-order valence-electron chi connectivity index (χ4n) is 3.48. The smallest absolute Gasteiger partial charge is 0.305 e. The third-order valence-corrected chi connectivity index (χ3v) is 8.01. The summed E-state index contributed by atoms with van der Waals surface area (Å²) in [6.45, 7) is 0.0313. The zero-order valence-electron chi connectivity index (χ0n) is 15.7. The monoisotopic (exact) mass is 448 g/mol. The number of carbonyl (C=O) groups is 2. The van der Waals surface area contributed by atoms with Gasteiger partial charge in [0.1, 0.15) is 22.9 Å². The summed E-state index contributed by atoms with van der Waals surface area (Å²) >= 11 is 2.51. The summed E-state index contributed by atoms with van der Waals surface area (Å²) < 4.78 is 1.62. The molecule has 2 unspecified atom stereocenters. The van der Waals surface area contributed by atoms with E-state index in [2.05, 4.69) is 4.98 Å². The molecule has 1 amide bonds. The number of fused-ring (bicyclic) bond motifs is 1. The molecule has 0 spiro atoms. The zero-order valence-corrected chi connectivity index (χ0v) is 17.4. The van der Waals surface area contributed by atoms with E-state index in [1.54, 1.807) is 16.7 Å². The summed E-state index contributed by atoms with van der Waals surface area (Å²) in [4.78, 5) is 29.9. The number of aromatic hydroxyl groups is 1. The highest BCUT2D eigenvalue weighted by atomic mass is 32.2. The van der Waals surface area contributed by atoms with E-state index in [0.717, 1.165) is 11.8 Å². The summed E-state index contributed by atoms with van der Waals surface area (Å²) in [5, 5.41) is 21.8. The lowest BCUT2D eigenvalue weighted by atomic mass is 9.89. The van der Waals surface area contributed by atoms with Crippen molar-refractivity contribution in [2.24, 2.45) is 11.1 Å². The number of carbonyl (C=O) groups excluding carboxylic acids is 2. The highest BCUT2D eigenvalue weighted by Crippen LogP contribution is 2.43. The SMILES string of the molecule is Nc1cc(N)[n+](-c2ccc(O)cc2)c(SCC2(C(=O)[O-])CS[C@@H]3C(N)C(=O)N3C2)n1. The highest BCUT2D eigenvalue weighted by molar-refractivity contribution is 8.00.